The van der Waals surface area contributed by atoms with Crippen LogP contribution >= 0.6 is 0 Å². The van der Waals surface area contributed by atoms with Gasteiger partial charge in [0.2, 0.25) is 5.91 Å². The monoisotopic (exact) mass is 251 g/mol. The van der Waals surface area contributed by atoms with E-state index >= 15 is 0 Å². The summed E-state index contributed by atoms with van der Waals surface area (Å²) in [6, 6.07) is 0. The smallest absolute Gasteiger partial charge is 0.329 e. The lowest BCUT2D eigenvalue weighted by Gasteiger charge is -2.34. The third-order valence-corrected chi connectivity index (χ3v) is 4.32. The minimum atomic E-state index is -0.945. The van der Waals surface area contributed by atoms with E-state index in [1.54, 1.807) is 4.90 Å². The molecule has 18 heavy (non-hydrogen) atoms. The van der Waals surface area contributed by atoms with Crippen molar-refractivity contribution in [1.82, 2.24) is 4.90 Å². The SMILES string of the molecule is CCC1(C(=O)O)CCCN1C(=O)CC1C=CCC1. The van der Waals surface area contributed by atoms with Gasteiger partial charge in [-0.1, -0.05) is 19.1 Å². The van der Waals surface area contributed by atoms with Gasteiger partial charge >= 0.3 is 5.97 Å². The second-order valence-electron chi connectivity index (χ2n) is 5.31. The highest BCUT2D eigenvalue weighted by molar-refractivity contribution is 5.88. The molecular formula is C14H21NO3. The van der Waals surface area contributed by atoms with E-state index in [-0.39, 0.29) is 5.91 Å². The highest BCUT2D eigenvalue weighted by Gasteiger charge is 2.48. The van der Waals surface area contributed by atoms with Gasteiger partial charge < -0.3 is 10.0 Å². The quantitative estimate of drug-likeness (QED) is 0.779. The summed E-state index contributed by atoms with van der Waals surface area (Å²) in [7, 11) is 0. The largest absolute Gasteiger partial charge is 0.479 e. The molecule has 1 aliphatic carbocycles. The lowest BCUT2D eigenvalue weighted by atomic mass is 9.92. The van der Waals surface area contributed by atoms with Crippen LogP contribution in [-0.4, -0.2) is 34.0 Å². The van der Waals surface area contributed by atoms with Gasteiger partial charge in [-0.2, -0.15) is 0 Å². The summed E-state index contributed by atoms with van der Waals surface area (Å²) in [4.78, 5) is 25.4. The second kappa shape index (κ2) is 5.12. The van der Waals surface area contributed by atoms with E-state index in [4.69, 9.17) is 0 Å². The Bertz CT molecular complexity index is 377. The molecule has 2 atom stereocenters. The molecule has 4 nitrogen and oxygen atoms in total. The van der Waals surface area contributed by atoms with E-state index in [1.165, 1.54) is 0 Å². The standard InChI is InChI=1S/C14H21NO3/c1-2-14(13(17)18)8-5-9-15(14)12(16)10-11-6-3-4-7-11/h3,6,11H,2,4-5,7-10H2,1H3,(H,17,18). The van der Waals surface area contributed by atoms with Crippen LogP contribution in [0.25, 0.3) is 0 Å². The molecule has 1 fully saturated rings. The van der Waals surface area contributed by atoms with Crippen LogP contribution in [0.4, 0.5) is 0 Å². The zero-order valence-electron chi connectivity index (χ0n) is 10.9. The molecule has 2 rings (SSSR count). The number of aliphatic carboxylic acids is 1. The van der Waals surface area contributed by atoms with Crippen molar-refractivity contribution in [3.8, 4) is 0 Å². The number of likely N-dealkylation sites (tertiary alicyclic amines) is 1. The van der Waals surface area contributed by atoms with Gasteiger partial charge in [0.15, 0.2) is 0 Å². The van der Waals surface area contributed by atoms with Crippen molar-refractivity contribution in [1.29, 1.82) is 0 Å². The molecule has 0 aromatic carbocycles. The number of carboxylic acid groups (broad SMARTS) is 1. The molecule has 0 saturated carbocycles. The Labute approximate surface area is 108 Å². The van der Waals surface area contributed by atoms with E-state index in [1.807, 2.05) is 6.92 Å². The van der Waals surface area contributed by atoms with Crippen LogP contribution in [0.15, 0.2) is 12.2 Å². The number of hydrogen-bond donors (Lipinski definition) is 1. The third-order valence-electron chi connectivity index (χ3n) is 4.32. The zero-order chi connectivity index (χ0) is 13.2. The summed E-state index contributed by atoms with van der Waals surface area (Å²) < 4.78 is 0. The van der Waals surface area contributed by atoms with Gasteiger partial charge in [0.25, 0.3) is 0 Å². The van der Waals surface area contributed by atoms with Crippen molar-refractivity contribution >= 4 is 11.9 Å². The molecule has 2 unspecified atom stereocenters. The molecular weight excluding hydrogens is 230 g/mol. The van der Waals surface area contributed by atoms with Crippen LogP contribution < -0.4 is 0 Å². The number of carboxylic acids is 1. The summed E-state index contributed by atoms with van der Waals surface area (Å²) in [5.74, 6) is -0.535. The van der Waals surface area contributed by atoms with Gasteiger partial charge in [-0.15, -0.1) is 0 Å². The Hall–Kier alpha value is -1.32. The molecule has 1 N–H and O–H groups in total. The van der Waals surface area contributed by atoms with Crippen molar-refractivity contribution < 1.29 is 14.7 Å². The molecule has 1 aliphatic heterocycles. The number of amides is 1. The summed E-state index contributed by atoms with van der Waals surface area (Å²) in [5, 5.41) is 9.44. The molecule has 4 heteroatoms. The van der Waals surface area contributed by atoms with Gasteiger partial charge in [-0.3, -0.25) is 4.79 Å². The van der Waals surface area contributed by atoms with E-state index in [2.05, 4.69) is 12.2 Å². The lowest BCUT2D eigenvalue weighted by molar-refractivity contribution is -0.157. The molecule has 0 aromatic heterocycles. The maximum atomic E-state index is 12.3. The Morgan fingerprint density at radius 1 is 1.50 bits per heavy atom. The van der Waals surface area contributed by atoms with E-state index in [9.17, 15) is 14.7 Å². The number of allylic oxidation sites excluding steroid dienone is 2. The molecule has 0 bridgehead atoms. The maximum absolute atomic E-state index is 12.3. The Kier molecular flexibility index (Phi) is 3.73. The van der Waals surface area contributed by atoms with Gasteiger partial charge in [-0.05, 0) is 38.0 Å². The number of nitrogens with zero attached hydrogens (tertiary/aromatic N) is 1. The Balaban J connectivity index is 2.08. The fraction of sp³-hybridized carbons (Fsp3) is 0.714. The molecule has 1 saturated heterocycles. The van der Waals surface area contributed by atoms with Crippen LogP contribution in [-0.2, 0) is 9.59 Å². The summed E-state index contributed by atoms with van der Waals surface area (Å²) in [5.41, 5.74) is -0.945. The van der Waals surface area contributed by atoms with Crippen LogP contribution in [0.5, 0.6) is 0 Å². The predicted octanol–water partition coefficient (Wildman–Crippen LogP) is 2.20. The first kappa shape index (κ1) is 13.1. The van der Waals surface area contributed by atoms with Crippen molar-refractivity contribution in [2.45, 2.75) is 51.0 Å². The number of carbonyl (C=O) groups excluding carboxylic acids is 1. The molecule has 1 heterocycles. The van der Waals surface area contributed by atoms with E-state index in [0.29, 0.717) is 31.7 Å². The van der Waals surface area contributed by atoms with Crippen LogP contribution in [0.1, 0.15) is 45.4 Å². The average molecular weight is 251 g/mol. The van der Waals surface area contributed by atoms with Crippen LogP contribution in [0, 0.1) is 5.92 Å². The minimum Gasteiger partial charge on any atom is -0.479 e. The van der Waals surface area contributed by atoms with Gasteiger partial charge in [0.1, 0.15) is 5.54 Å². The number of rotatable bonds is 4. The number of hydrogen-bond acceptors (Lipinski definition) is 2. The highest BCUT2D eigenvalue weighted by atomic mass is 16.4. The number of carbonyl (C=O) groups is 2. The first-order chi connectivity index (χ1) is 8.60. The maximum Gasteiger partial charge on any atom is 0.329 e. The Morgan fingerprint density at radius 3 is 2.83 bits per heavy atom. The van der Waals surface area contributed by atoms with Gasteiger partial charge in [-0.25, -0.2) is 4.79 Å². The first-order valence-corrected chi connectivity index (χ1v) is 6.80. The topological polar surface area (TPSA) is 57.6 Å². The van der Waals surface area contributed by atoms with Crippen molar-refractivity contribution in [3.05, 3.63) is 12.2 Å². The molecule has 0 radical (unpaired) electrons. The summed E-state index contributed by atoms with van der Waals surface area (Å²) >= 11 is 0. The normalized spacial score (nSPS) is 30.9. The molecule has 100 valence electrons. The van der Waals surface area contributed by atoms with Gasteiger partial charge in [0, 0.05) is 13.0 Å². The average Bonchev–Trinajstić information content (AvgIpc) is 2.96. The second-order valence-corrected chi connectivity index (χ2v) is 5.31. The van der Waals surface area contributed by atoms with E-state index < -0.39 is 11.5 Å². The first-order valence-electron chi connectivity index (χ1n) is 6.80. The molecule has 2 aliphatic rings. The fourth-order valence-electron chi connectivity index (χ4n) is 3.18. The van der Waals surface area contributed by atoms with E-state index in [0.717, 1.165) is 19.3 Å². The van der Waals surface area contributed by atoms with Crippen LogP contribution in [0.3, 0.4) is 0 Å². The predicted molar refractivity (Wildman–Crippen MR) is 68.1 cm³/mol. The molecule has 0 spiro atoms. The molecule has 1 amide bonds. The molecule has 0 aromatic rings. The van der Waals surface area contributed by atoms with Gasteiger partial charge in [0.05, 0.1) is 0 Å². The minimum absolute atomic E-state index is 0.00769. The third kappa shape index (κ3) is 2.16. The summed E-state index contributed by atoms with van der Waals surface area (Å²) in [6.45, 7) is 2.45. The Morgan fingerprint density at radius 2 is 2.28 bits per heavy atom. The van der Waals surface area contributed by atoms with Crippen molar-refractivity contribution in [3.63, 3.8) is 0 Å². The van der Waals surface area contributed by atoms with Crippen molar-refractivity contribution in [2.24, 2.45) is 5.92 Å². The lowest BCUT2D eigenvalue weighted by Crippen LogP contribution is -2.52. The van der Waals surface area contributed by atoms with Crippen molar-refractivity contribution in [2.75, 3.05) is 6.54 Å². The summed E-state index contributed by atoms with van der Waals surface area (Å²) in [6.07, 6.45) is 8.59. The fourth-order valence-corrected chi connectivity index (χ4v) is 3.18. The highest BCUT2D eigenvalue weighted by Crippen LogP contribution is 2.34. The van der Waals surface area contributed by atoms with Crippen LogP contribution in [0.2, 0.25) is 0 Å². The zero-order valence-corrected chi connectivity index (χ0v) is 10.9.